The van der Waals surface area contributed by atoms with Gasteiger partial charge in [-0.05, 0) is 61.5 Å². The summed E-state index contributed by atoms with van der Waals surface area (Å²) >= 11 is 0. The summed E-state index contributed by atoms with van der Waals surface area (Å²) < 4.78 is 36.7. The minimum Gasteiger partial charge on any atom is -0.488 e. The fraction of sp³-hybridized carbons (Fsp3) is 0.500. The minimum atomic E-state index is -3.15. The Balaban J connectivity index is 1.55. The molecule has 0 unspecified atom stereocenters. The van der Waals surface area contributed by atoms with Gasteiger partial charge in [-0.1, -0.05) is 45.0 Å². The molecule has 0 spiro atoms. The summed E-state index contributed by atoms with van der Waals surface area (Å²) in [5, 5.41) is 13.7. The number of hydrogen-bond donors (Lipinski definition) is 1. The summed E-state index contributed by atoms with van der Waals surface area (Å²) in [4.78, 5) is 9.24. The molecule has 4 rings (SSSR count). The number of nitrogens with one attached hydrogen (secondary N) is 1. The van der Waals surface area contributed by atoms with Gasteiger partial charge in [0.2, 0.25) is 5.95 Å². The molecule has 1 heterocycles. The van der Waals surface area contributed by atoms with Gasteiger partial charge >= 0.3 is 0 Å². The standard InChI is InChI=1S/C30H40N4O4SSi/c1-30(2,3)40(5,6)38-26-14-12-25(13-15-26)37-28-22(16-17-31)10-11-23-19-32-29(34-27(23)28)33-24-9-7-8-21(18-24)20-39(4,35)36/h7-11,18-19,25-26H,12-16,20H2,1-6H3,(H,32,33,34)/t25-,26+. The fourth-order valence-corrected chi connectivity index (χ4v) is 6.94. The lowest BCUT2D eigenvalue weighted by atomic mass is 9.95. The molecule has 0 bridgehead atoms. The molecule has 0 radical (unpaired) electrons. The molecule has 1 aromatic heterocycles. The molecule has 40 heavy (non-hydrogen) atoms. The van der Waals surface area contributed by atoms with Crippen LogP contribution in [0.25, 0.3) is 10.9 Å². The normalized spacial score (nSPS) is 18.3. The van der Waals surface area contributed by atoms with Gasteiger partial charge in [-0.3, -0.25) is 0 Å². The molecule has 214 valence electrons. The molecule has 0 saturated heterocycles. The van der Waals surface area contributed by atoms with Crippen LogP contribution in [0.4, 0.5) is 11.6 Å². The van der Waals surface area contributed by atoms with E-state index in [1.807, 2.05) is 18.2 Å². The number of hydrogen-bond acceptors (Lipinski definition) is 8. The molecule has 0 amide bonds. The van der Waals surface area contributed by atoms with E-state index in [0.717, 1.165) is 36.6 Å². The number of anilines is 2. The predicted molar refractivity (Wildman–Crippen MR) is 162 cm³/mol. The van der Waals surface area contributed by atoms with E-state index in [1.54, 1.807) is 24.4 Å². The molecule has 10 heteroatoms. The van der Waals surface area contributed by atoms with Gasteiger partial charge in [0, 0.05) is 35.2 Å². The molecule has 2 aromatic carbocycles. The van der Waals surface area contributed by atoms with Crippen LogP contribution in [0.5, 0.6) is 5.75 Å². The van der Waals surface area contributed by atoms with Crippen LogP contribution in [-0.4, -0.2) is 45.2 Å². The quantitative estimate of drug-likeness (QED) is 0.278. The Hall–Kier alpha value is -3.00. The molecule has 1 saturated carbocycles. The highest BCUT2D eigenvalue weighted by Gasteiger charge is 2.40. The molecular formula is C30H40N4O4SSi. The zero-order chi connectivity index (χ0) is 29.1. The highest BCUT2D eigenvalue weighted by molar-refractivity contribution is 7.89. The van der Waals surface area contributed by atoms with Gasteiger partial charge in [0.15, 0.2) is 18.2 Å². The second-order valence-corrected chi connectivity index (χ2v) is 19.2. The molecule has 3 aromatic rings. The van der Waals surface area contributed by atoms with Crippen molar-refractivity contribution in [1.29, 1.82) is 5.26 Å². The van der Waals surface area contributed by atoms with Crippen LogP contribution in [-0.2, 0) is 26.4 Å². The van der Waals surface area contributed by atoms with Crippen molar-refractivity contribution in [3.63, 3.8) is 0 Å². The van der Waals surface area contributed by atoms with Crippen molar-refractivity contribution in [3.05, 3.63) is 53.7 Å². The number of sulfone groups is 1. The Morgan fingerprint density at radius 1 is 1.10 bits per heavy atom. The Kier molecular flexibility index (Phi) is 8.88. The molecule has 1 aliphatic rings. The van der Waals surface area contributed by atoms with Crippen molar-refractivity contribution in [2.45, 2.75) is 89.0 Å². The van der Waals surface area contributed by atoms with Crippen molar-refractivity contribution in [1.82, 2.24) is 9.97 Å². The van der Waals surface area contributed by atoms with Crippen molar-refractivity contribution in [2.24, 2.45) is 0 Å². The molecular weight excluding hydrogens is 541 g/mol. The molecule has 0 atom stereocenters. The third-order valence-electron chi connectivity index (χ3n) is 7.84. The van der Waals surface area contributed by atoms with Gasteiger partial charge in [0.25, 0.3) is 0 Å². The summed E-state index contributed by atoms with van der Waals surface area (Å²) in [5.74, 6) is 0.957. The lowest BCUT2D eigenvalue weighted by Gasteiger charge is -2.41. The van der Waals surface area contributed by atoms with Gasteiger partial charge in [0.1, 0.15) is 11.3 Å². The molecule has 1 aliphatic carbocycles. The Morgan fingerprint density at radius 3 is 2.45 bits per heavy atom. The first kappa shape index (κ1) is 30.0. The van der Waals surface area contributed by atoms with E-state index >= 15 is 0 Å². The average Bonchev–Trinajstić information content (AvgIpc) is 2.85. The van der Waals surface area contributed by atoms with Crippen molar-refractivity contribution < 1.29 is 17.6 Å². The van der Waals surface area contributed by atoms with E-state index in [4.69, 9.17) is 14.1 Å². The maximum absolute atomic E-state index is 11.7. The third kappa shape index (κ3) is 7.59. The highest BCUT2D eigenvalue weighted by Crippen LogP contribution is 2.40. The summed E-state index contributed by atoms with van der Waals surface area (Å²) in [5.41, 5.74) is 2.82. The van der Waals surface area contributed by atoms with E-state index in [0.29, 0.717) is 28.5 Å². The lowest BCUT2D eigenvalue weighted by molar-refractivity contribution is 0.0728. The zero-order valence-electron chi connectivity index (χ0n) is 24.3. The van der Waals surface area contributed by atoms with Crippen molar-refractivity contribution >= 4 is 40.7 Å². The number of ether oxygens (including phenoxy) is 1. The first-order valence-corrected chi connectivity index (χ1v) is 18.7. The third-order valence-corrected chi connectivity index (χ3v) is 13.2. The van der Waals surface area contributed by atoms with E-state index in [-0.39, 0.29) is 29.4 Å². The van der Waals surface area contributed by atoms with Gasteiger partial charge in [0.05, 0.1) is 24.3 Å². The fourth-order valence-electron chi connectivity index (χ4n) is 4.73. The zero-order valence-corrected chi connectivity index (χ0v) is 26.1. The molecule has 1 N–H and O–H groups in total. The number of aromatic nitrogens is 2. The van der Waals surface area contributed by atoms with E-state index in [9.17, 15) is 13.7 Å². The van der Waals surface area contributed by atoms with Crippen molar-refractivity contribution in [3.8, 4) is 11.8 Å². The SMILES string of the molecule is CC(C)(C)[Si](C)(C)O[C@H]1CC[C@@H](Oc2c(CC#N)ccc3cnc(Nc4cccc(CS(C)(=O)=O)c4)nc23)CC1. The summed E-state index contributed by atoms with van der Waals surface area (Å²) in [7, 11) is -4.98. The maximum Gasteiger partial charge on any atom is 0.227 e. The maximum atomic E-state index is 11.7. The van der Waals surface area contributed by atoms with Gasteiger partial charge in [-0.2, -0.15) is 5.26 Å². The Labute approximate surface area is 239 Å². The lowest BCUT2D eigenvalue weighted by Crippen LogP contribution is -2.45. The smallest absolute Gasteiger partial charge is 0.227 e. The summed E-state index contributed by atoms with van der Waals surface area (Å²) in [6.07, 6.45) is 7.09. The molecule has 1 fully saturated rings. The van der Waals surface area contributed by atoms with Gasteiger partial charge in [-0.15, -0.1) is 0 Å². The van der Waals surface area contributed by atoms with Crippen LogP contribution in [0, 0.1) is 11.3 Å². The number of benzene rings is 2. The van der Waals surface area contributed by atoms with Gasteiger partial charge < -0.3 is 14.5 Å². The number of fused-ring (bicyclic) bond motifs is 1. The predicted octanol–water partition coefficient (Wildman–Crippen LogP) is 6.70. The number of nitriles is 1. The molecule has 0 aliphatic heterocycles. The van der Waals surface area contributed by atoms with E-state index in [1.165, 1.54) is 6.26 Å². The van der Waals surface area contributed by atoms with Crippen molar-refractivity contribution in [2.75, 3.05) is 11.6 Å². The van der Waals surface area contributed by atoms with Crippen LogP contribution in [0.15, 0.2) is 42.6 Å². The number of rotatable bonds is 9. The number of nitrogens with zero attached hydrogens (tertiary/aromatic N) is 3. The van der Waals surface area contributed by atoms with E-state index < -0.39 is 18.2 Å². The van der Waals surface area contributed by atoms with Gasteiger partial charge in [-0.25, -0.2) is 18.4 Å². The highest BCUT2D eigenvalue weighted by atomic mass is 32.2. The molecule has 8 nitrogen and oxygen atoms in total. The Bertz CT molecular complexity index is 1500. The monoisotopic (exact) mass is 580 g/mol. The van der Waals surface area contributed by atoms with E-state index in [2.05, 4.69) is 50.2 Å². The first-order valence-electron chi connectivity index (χ1n) is 13.8. The summed E-state index contributed by atoms with van der Waals surface area (Å²) in [6.45, 7) is 11.4. The van der Waals surface area contributed by atoms with Crippen LogP contribution >= 0.6 is 0 Å². The second-order valence-electron chi connectivity index (χ2n) is 12.3. The van der Waals surface area contributed by atoms with Crippen LogP contribution in [0.1, 0.15) is 57.6 Å². The first-order chi connectivity index (χ1) is 18.7. The second kappa shape index (κ2) is 11.8. The van der Waals surface area contributed by atoms with Crippen LogP contribution < -0.4 is 10.1 Å². The van der Waals surface area contributed by atoms with Crippen LogP contribution in [0.3, 0.4) is 0 Å². The summed E-state index contributed by atoms with van der Waals surface area (Å²) in [6, 6.07) is 13.3. The minimum absolute atomic E-state index is 0.0151. The topological polar surface area (TPSA) is 114 Å². The Morgan fingerprint density at radius 2 is 1.80 bits per heavy atom. The largest absolute Gasteiger partial charge is 0.488 e. The average molecular weight is 581 g/mol. The van der Waals surface area contributed by atoms with Crippen LogP contribution in [0.2, 0.25) is 18.1 Å².